The zero-order chi connectivity index (χ0) is 13.2. The van der Waals surface area contributed by atoms with Gasteiger partial charge in [0, 0.05) is 10.6 Å². The van der Waals surface area contributed by atoms with Crippen LogP contribution in [-0.4, -0.2) is 22.7 Å². The van der Waals surface area contributed by atoms with E-state index in [4.69, 9.17) is 16.3 Å². The Morgan fingerprint density at radius 3 is 3.16 bits per heavy atom. The van der Waals surface area contributed by atoms with Gasteiger partial charge in [0.15, 0.2) is 0 Å². The summed E-state index contributed by atoms with van der Waals surface area (Å²) in [7, 11) is 0. The third kappa shape index (κ3) is 2.59. The molecule has 5 nitrogen and oxygen atoms in total. The Hall–Kier alpha value is -1.92. The first-order valence-electron chi connectivity index (χ1n) is 5.43. The number of benzene rings is 1. The Morgan fingerprint density at radius 2 is 2.37 bits per heavy atom. The highest BCUT2D eigenvalue weighted by atomic mass is 35.5. The number of ether oxygens (including phenoxy) is 1. The summed E-state index contributed by atoms with van der Waals surface area (Å²) < 4.78 is 5.51. The maximum Gasteiger partial charge on any atom is 0.256 e. The minimum Gasteiger partial charge on any atom is -0.488 e. The highest BCUT2D eigenvalue weighted by Gasteiger charge is 2.18. The van der Waals surface area contributed by atoms with Crippen LogP contribution in [0.2, 0.25) is 5.02 Å². The van der Waals surface area contributed by atoms with Crippen LogP contribution in [0.1, 0.15) is 5.56 Å². The molecule has 0 saturated heterocycles. The molecule has 0 aliphatic carbocycles. The highest BCUT2D eigenvalue weighted by Crippen LogP contribution is 2.29. The number of fused-ring (bicyclic) bond motifs is 1. The largest absolute Gasteiger partial charge is 0.488 e. The van der Waals surface area contributed by atoms with Gasteiger partial charge in [0.25, 0.3) is 5.91 Å². The molecule has 1 N–H and O–H groups in total. The number of carbonyl (C=O) groups is 1. The highest BCUT2D eigenvalue weighted by molar-refractivity contribution is 7.13. The second-order valence-corrected chi connectivity index (χ2v) is 5.11. The zero-order valence-corrected chi connectivity index (χ0v) is 11.2. The zero-order valence-electron chi connectivity index (χ0n) is 9.59. The van der Waals surface area contributed by atoms with Crippen LogP contribution in [-0.2, 0) is 4.79 Å². The number of hydrogen-bond donors (Lipinski definition) is 1. The Labute approximate surface area is 117 Å². The summed E-state index contributed by atoms with van der Waals surface area (Å²) in [6, 6.07) is 5.29. The van der Waals surface area contributed by atoms with Crippen molar-refractivity contribution in [2.24, 2.45) is 0 Å². The van der Waals surface area contributed by atoms with E-state index in [0.717, 1.165) is 11.3 Å². The van der Waals surface area contributed by atoms with E-state index in [0.29, 0.717) is 15.7 Å². The van der Waals surface area contributed by atoms with Gasteiger partial charge in [0.1, 0.15) is 17.9 Å². The van der Waals surface area contributed by atoms with Gasteiger partial charge in [-0.25, -0.2) is 0 Å². The molecule has 96 valence electrons. The third-order valence-electron chi connectivity index (χ3n) is 2.56. The van der Waals surface area contributed by atoms with Crippen molar-refractivity contribution in [2.45, 2.75) is 0 Å². The van der Waals surface area contributed by atoms with E-state index < -0.39 is 0 Å². The van der Waals surface area contributed by atoms with Gasteiger partial charge in [0.2, 0.25) is 5.13 Å². The molecule has 0 radical (unpaired) electrons. The van der Waals surface area contributed by atoms with E-state index in [2.05, 4.69) is 15.5 Å². The molecule has 0 bridgehead atoms. The maximum atomic E-state index is 12.0. The van der Waals surface area contributed by atoms with E-state index in [-0.39, 0.29) is 12.5 Å². The minimum atomic E-state index is -0.248. The average Bonchev–Trinajstić information content (AvgIpc) is 2.90. The van der Waals surface area contributed by atoms with Crippen LogP contribution < -0.4 is 10.1 Å². The molecule has 0 saturated carbocycles. The molecule has 3 rings (SSSR count). The fraction of sp³-hybridized carbons (Fsp3) is 0.0833. The van der Waals surface area contributed by atoms with Crippen molar-refractivity contribution in [3.05, 3.63) is 39.9 Å². The van der Waals surface area contributed by atoms with Gasteiger partial charge < -0.3 is 4.74 Å². The standard InChI is InChI=1S/C12H8ClN3O2S/c13-9-1-2-10-7(4-9)3-8(5-18-10)11(17)15-12-16-14-6-19-12/h1-4,6H,5H2,(H,15,16,17). The number of nitrogens with one attached hydrogen (secondary N) is 1. The number of rotatable bonds is 2. The second kappa shape index (κ2) is 4.99. The predicted octanol–water partition coefficient (Wildman–Crippen LogP) is 2.61. The molecule has 1 amide bonds. The summed E-state index contributed by atoms with van der Waals surface area (Å²) in [5, 5.41) is 11.1. The predicted molar refractivity (Wildman–Crippen MR) is 73.5 cm³/mol. The Kier molecular flexibility index (Phi) is 3.18. The van der Waals surface area contributed by atoms with Crippen LogP contribution in [0.4, 0.5) is 5.13 Å². The molecule has 2 heterocycles. The van der Waals surface area contributed by atoms with Crippen molar-refractivity contribution >= 4 is 40.1 Å². The number of carbonyl (C=O) groups excluding carboxylic acids is 1. The Bertz CT molecular complexity index is 655. The summed E-state index contributed by atoms with van der Waals surface area (Å²) in [4.78, 5) is 12.0. The number of halogens is 1. The van der Waals surface area contributed by atoms with Crippen LogP contribution in [0, 0.1) is 0 Å². The summed E-state index contributed by atoms with van der Waals surface area (Å²) in [6.07, 6.45) is 1.76. The van der Waals surface area contributed by atoms with E-state index in [1.54, 1.807) is 29.8 Å². The van der Waals surface area contributed by atoms with Gasteiger partial charge in [-0.05, 0) is 24.3 Å². The quantitative estimate of drug-likeness (QED) is 0.924. The number of amides is 1. The van der Waals surface area contributed by atoms with E-state index in [1.165, 1.54) is 11.3 Å². The lowest BCUT2D eigenvalue weighted by Gasteiger charge is -2.17. The fourth-order valence-corrected chi connectivity index (χ4v) is 2.31. The number of anilines is 1. The van der Waals surface area contributed by atoms with Crippen LogP contribution in [0.25, 0.3) is 6.08 Å². The van der Waals surface area contributed by atoms with Crippen LogP contribution in [0.3, 0.4) is 0 Å². The van der Waals surface area contributed by atoms with Gasteiger partial charge in [0.05, 0.1) is 5.57 Å². The maximum absolute atomic E-state index is 12.0. The van der Waals surface area contributed by atoms with E-state index in [9.17, 15) is 4.79 Å². The Morgan fingerprint density at radius 1 is 1.47 bits per heavy atom. The van der Waals surface area contributed by atoms with Gasteiger partial charge in [-0.15, -0.1) is 10.2 Å². The first kappa shape index (κ1) is 12.1. The fourth-order valence-electron chi connectivity index (χ4n) is 1.68. The Balaban J connectivity index is 1.84. The van der Waals surface area contributed by atoms with E-state index >= 15 is 0 Å². The summed E-state index contributed by atoms with van der Waals surface area (Å²) >= 11 is 7.18. The molecule has 0 unspecified atom stereocenters. The molecule has 1 aliphatic rings. The number of aromatic nitrogens is 2. The van der Waals surface area contributed by atoms with Crippen molar-refractivity contribution in [1.82, 2.24) is 10.2 Å². The molecule has 0 spiro atoms. The molecule has 1 aromatic heterocycles. The lowest BCUT2D eigenvalue weighted by molar-refractivity contribution is -0.113. The second-order valence-electron chi connectivity index (χ2n) is 3.84. The average molecular weight is 294 g/mol. The van der Waals surface area contributed by atoms with Crippen LogP contribution >= 0.6 is 22.9 Å². The SMILES string of the molecule is O=C(Nc1nncs1)C1=Cc2cc(Cl)ccc2OC1. The number of hydrogen-bond acceptors (Lipinski definition) is 5. The van der Waals surface area contributed by atoms with Crippen LogP contribution in [0.5, 0.6) is 5.75 Å². The smallest absolute Gasteiger partial charge is 0.256 e. The van der Waals surface area contributed by atoms with Gasteiger partial charge in [-0.3, -0.25) is 10.1 Å². The molecule has 7 heteroatoms. The van der Waals surface area contributed by atoms with Crippen molar-refractivity contribution in [3.8, 4) is 5.75 Å². The molecular formula is C12H8ClN3O2S. The summed E-state index contributed by atoms with van der Waals surface area (Å²) in [6.45, 7) is 0.221. The van der Waals surface area contributed by atoms with Crippen molar-refractivity contribution in [2.75, 3.05) is 11.9 Å². The van der Waals surface area contributed by atoms with Crippen molar-refractivity contribution < 1.29 is 9.53 Å². The monoisotopic (exact) mass is 293 g/mol. The molecule has 2 aromatic rings. The normalized spacial score (nSPS) is 13.2. The van der Waals surface area contributed by atoms with E-state index in [1.807, 2.05) is 0 Å². The summed E-state index contributed by atoms with van der Waals surface area (Å²) in [5.41, 5.74) is 2.86. The summed E-state index contributed by atoms with van der Waals surface area (Å²) in [5.74, 6) is 0.472. The lowest BCUT2D eigenvalue weighted by Crippen LogP contribution is -2.21. The molecular weight excluding hydrogens is 286 g/mol. The first-order chi connectivity index (χ1) is 9.22. The lowest BCUT2D eigenvalue weighted by atomic mass is 10.1. The minimum absolute atomic E-state index is 0.221. The third-order valence-corrected chi connectivity index (χ3v) is 3.40. The van der Waals surface area contributed by atoms with Crippen LogP contribution in [0.15, 0.2) is 29.3 Å². The molecule has 0 atom stereocenters. The van der Waals surface area contributed by atoms with Crippen molar-refractivity contribution in [3.63, 3.8) is 0 Å². The van der Waals surface area contributed by atoms with Gasteiger partial charge in [-0.1, -0.05) is 22.9 Å². The van der Waals surface area contributed by atoms with Crippen molar-refractivity contribution in [1.29, 1.82) is 0 Å². The van der Waals surface area contributed by atoms with Gasteiger partial charge >= 0.3 is 0 Å². The van der Waals surface area contributed by atoms with Gasteiger partial charge in [-0.2, -0.15) is 0 Å². The topological polar surface area (TPSA) is 64.1 Å². The molecule has 19 heavy (non-hydrogen) atoms. The molecule has 1 aliphatic heterocycles. The molecule has 0 fully saturated rings. The number of nitrogens with zero attached hydrogens (tertiary/aromatic N) is 2. The molecule has 1 aromatic carbocycles. The first-order valence-corrected chi connectivity index (χ1v) is 6.68.